The predicted molar refractivity (Wildman–Crippen MR) is 47.7 cm³/mol. The molecule has 1 N–H and O–H groups in total. The summed E-state index contributed by atoms with van der Waals surface area (Å²) >= 11 is 2.06. The normalized spacial score (nSPS) is 36.7. The highest BCUT2D eigenvalue weighted by molar-refractivity contribution is 7.99. The fourth-order valence-electron chi connectivity index (χ4n) is 1.15. The molecule has 0 radical (unpaired) electrons. The third kappa shape index (κ3) is 2.45. The number of nitrogens with one attached hydrogen (secondary N) is 1. The fraction of sp³-hybridized carbons (Fsp3) is 1.00. The van der Waals surface area contributed by atoms with E-state index in [1.807, 2.05) is 0 Å². The maximum Gasteiger partial charge on any atom is 0.0192 e. The SMILES string of the molecule is CC1CSCC(NP)C1. The summed E-state index contributed by atoms with van der Waals surface area (Å²) in [7, 11) is 2.60. The molecule has 9 heavy (non-hydrogen) atoms. The van der Waals surface area contributed by atoms with Crippen LogP contribution in [0.1, 0.15) is 13.3 Å². The Balaban J connectivity index is 2.23. The van der Waals surface area contributed by atoms with E-state index in [0.717, 1.165) is 12.0 Å². The number of rotatable bonds is 1. The molecular formula is C6H14NPS. The second kappa shape index (κ2) is 3.80. The predicted octanol–water partition coefficient (Wildman–Crippen LogP) is 1.51. The van der Waals surface area contributed by atoms with Crippen molar-refractivity contribution in [3.63, 3.8) is 0 Å². The molecule has 3 atom stereocenters. The molecule has 3 unspecified atom stereocenters. The van der Waals surface area contributed by atoms with E-state index >= 15 is 0 Å². The van der Waals surface area contributed by atoms with Crippen LogP contribution >= 0.6 is 21.2 Å². The molecule has 1 fully saturated rings. The van der Waals surface area contributed by atoms with Crippen LogP contribution in [0.25, 0.3) is 0 Å². The molecule has 0 aromatic heterocycles. The minimum Gasteiger partial charge on any atom is -0.297 e. The number of hydrogen-bond donors (Lipinski definition) is 1. The fourth-order valence-corrected chi connectivity index (χ4v) is 2.77. The van der Waals surface area contributed by atoms with Gasteiger partial charge >= 0.3 is 0 Å². The van der Waals surface area contributed by atoms with Crippen molar-refractivity contribution in [2.24, 2.45) is 5.92 Å². The smallest absolute Gasteiger partial charge is 0.0192 e. The van der Waals surface area contributed by atoms with Gasteiger partial charge in [-0.25, -0.2) is 0 Å². The van der Waals surface area contributed by atoms with Crippen molar-refractivity contribution < 1.29 is 0 Å². The molecule has 0 amide bonds. The topological polar surface area (TPSA) is 12.0 Å². The van der Waals surface area contributed by atoms with Crippen molar-refractivity contribution in [2.75, 3.05) is 11.5 Å². The van der Waals surface area contributed by atoms with E-state index in [4.69, 9.17) is 0 Å². The lowest BCUT2D eigenvalue weighted by Gasteiger charge is -2.25. The van der Waals surface area contributed by atoms with Crippen LogP contribution in [0, 0.1) is 5.92 Å². The first-order chi connectivity index (χ1) is 4.33. The first kappa shape index (κ1) is 7.84. The van der Waals surface area contributed by atoms with Gasteiger partial charge in [-0.1, -0.05) is 16.3 Å². The molecule has 1 rings (SSSR count). The van der Waals surface area contributed by atoms with E-state index in [9.17, 15) is 0 Å². The average Bonchev–Trinajstić information content (AvgIpc) is 1.88. The Morgan fingerprint density at radius 2 is 2.33 bits per heavy atom. The maximum atomic E-state index is 3.23. The van der Waals surface area contributed by atoms with E-state index < -0.39 is 0 Å². The van der Waals surface area contributed by atoms with Gasteiger partial charge in [-0.05, 0) is 18.1 Å². The molecule has 0 aromatic carbocycles. The van der Waals surface area contributed by atoms with Crippen LogP contribution in [0.2, 0.25) is 0 Å². The Hall–Kier alpha value is 0.740. The standard InChI is InChI=1S/C6H14NPS/c1-5-2-6(7-8)4-9-3-5/h5-7H,2-4,8H2,1H3. The highest BCUT2D eigenvalue weighted by Crippen LogP contribution is 2.22. The van der Waals surface area contributed by atoms with Crippen LogP contribution in [0.5, 0.6) is 0 Å². The van der Waals surface area contributed by atoms with Crippen LogP contribution in [0.3, 0.4) is 0 Å². The highest BCUT2D eigenvalue weighted by Gasteiger charge is 2.16. The van der Waals surface area contributed by atoms with Crippen LogP contribution in [0.4, 0.5) is 0 Å². The van der Waals surface area contributed by atoms with Gasteiger partial charge < -0.3 is 0 Å². The van der Waals surface area contributed by atoms with Gasteiger partial charge in [0, 0.05) is 11.8 Å². The molecule has 1 nitrogen and oxygen atoms in total. The van der Waals surface area contributed by atoms with Gasteiger partial charge in [0.1, 0.15) is 0 Å². The van der Waals surface area contributed by atoms with Gasteiger partial charge in [0.05, 0.1) is 0 Å². The minimum absolute atomic E-state index is 0.740. The van der Waals surface area contributed by atoms with Gasteiger partial charge in [0.15, 0.2) is 0 Å². The quantitative estimate of drug-likeness (QED) is 0.588. The summed E-state index contributed by atoms with van der Waals surface area (Å²) in [5, 5.41) is 3.23. The van der Waals surface area contributed by atoms with Crippen molar-refractivity contribution in [1.29, 1.82) is 0 Å². The number of thioether (sulfide) groups is 1. The molecule has 0 spiro atoms. The zero-order chi connectivity index (χ0) is 6.69. The lowest BCUT2D eigenvalue weighted by Crippen LogP contribution is -2.30. The molecule has 0 saturated carbocycles. The third-order valence-corrected chi connectivity index (χ3v) is 3.56. The number of hydrogen-bond acceptors (Lipinski definition) is 2. The molecule has 3 heteroatoms. The minimum atomic E-state index is 0.740. The maximum absolute atomic E-state index is 3.23. The van der Waals surface area contributed by atoms with E-state index in [0.29, 0.717) is 0 Å². The van der Waals surface area contributed by atoms with E-state index in [-0.39, 0.29) is 0 Å². The largest absolute Gasteiger partial charge is 0.297 e. The van der Waals surface area contributed by atoms with Gasteiger partial charge in [-0.15, -0.1) is 0 Å². The Bertz CT molecular complexity index is 89.1. The van der Waals surface area contributed by atoms with Crippen LogP contribution in [0.15, 0.2) is 0 Å². The zero-order valence-electron chi connectivity index (χ0n) is 5.76. The monoisotopic (exact) mass is 163 g/mol. The lowest BCUT2D eigenvalue weighted by molar-refractivity contribution is 0.498. The zero-order valence-corrected chi connectivity index (χ0v) is 7.73. The molecule has 1 heterocycles. The van der Waals surface area contributed by atoms with Gasteiger partial charge in [-0.3, -0.25) is 5.09 Å². The summed E-state index contributed by atoms with van der Waals surface area (Å²) in [6, 6.07) is 0.740. The summed E-state index contributed by atoms with van der Waals surface area (Å²) in [5.41, 5.74) is 0. The van der Waals surface area contributed by atoms with Gasteiger partial charge in [0.25, 0.3) is 0 Å². The van der Waals surface area contributed by atoms with E-state index in [1.54, 1.807) is 0 Å². The Labute approximate surface area is 63.6 Å². The molecule has 0 aliphatic carbocycles. The van der Waals surface area contributed by atoms with Gasteiger partial charge in [0.2, 0.25) is 0 Å². The summed E-state index contributed by atoms with van der Waals surface area (Å²) in [5.74, 6) is 3.54. The second-order valence-corrected chi connectivity index (χ2v) is 4.15. The summed E-state index contributed by atoms with van der Waals surface area (Å²) in [6.07, 6.45) is 1.34. The second-order valence-electron chi connectivity index (χ2n) is 2.74. The van der Waals surface area contributed by atoms with Crippen molar-refractivity contribution in [3.05, 3.63) is 0 Å². The van der Waals surface area contributed by atoms with Crippen molar-refractivity contribution >= 4 is 21.2 Å². The van der Waals surface area contributed by atoms with Crippen LogP contribution in [-0.2, 0) is 0 Å². The first-order valence-electron chi connectivity index (χ1n) is 3.37. The average molecular weight is 163 g/mol. The summed E-state index contributed by atoms with van der Waals surface area (Å²) in [6.45, 7) is 2.32. The Morgan fingerprint density at radius 1 is 1.56 bits per heavy atom. The summed E-state index contributed by atoms with van der Waals surface area (Å²) < 4.78 is 0. The van der Waals surface area contributed by atoms with Crippen LogP contribution in [-0.4, -0.2) is 17.5 Å². The molecule has 0 aromatic rings. The lowest BCUT2D eigenvalue weighted by atomic mass is 10.1. The molecule has 0 bridgehead atoms. The van der Waals surface area contributed by atoms with Crippen LogP contribution < -0.4 is 5.09 Å². The Kier molecular flexibility index (Phi) is 3.31. The van der Waals surface area contributed by atoms with Crippen molar-refractivity contribution in [1.82, 2.24) is 5.09 Å². The van der Waals surface area contributed by atoms with E-state index in [1.165, 1.54) is 17.9 Å². The molecule has 54 valence electrons. The van der Waals surface area contributed by atoms with E-state index in [2.05, 4.69) is 33.2 Å². The highest BCUT2D eigenvalue weighted by atomic mass is 32.2. The van der Waals surface area contributed by atoms with Gasteiger partial charge in [-0.2, -0.15) is 11.8 Å². The Morgan fingerprint density at radius 3 is 2.78 bits per heavy atom. The summed E-state index contributed by atoms with van der Waals surface area (Å²) in [4.78, 5) is 0. The van der Waals surface area contributed by atoms with Crippen molar-refractivity contribution in [2.45, 2.75) is 19.4 Å². The molecule has 1 aliphatic rings. The molecule has 1 aliphatic heterocycles. The molecular weight excluding hydrogens is 149 g/mol. The first-order valence-corrected chi connectivity index (χ1v) is 5.10. The third-order valence-electron chi connectivity index (χ3n) is 1.64. The van der Waals surface area contributed by atoms with Crippen molar-refractivity contribution in [3.8, 4) is 0 Å². The molecule has 1 saturated heterocycles.